The fraction of sp³-hybridized carbons (Fsp3) is 0.0133. The largest absolute Gasteiger partial charge is 0.436 e. The Morgan fingerprint density at radius 1 is 0.284 bits per heavy atom. The molecule has 0 atom stereocenters. The van der Waals surface area contributed by atoms with Gasteiger partial charge in [-0.1, -0.05) is 170 Å². The number of para-hydroxylation sites is 6. The van der Waals surface area contributed by atoms with Crippen molar-refractivity contribution in [3.05, 3.63) is 301 Å². The van der Waals surface area contributed by atoms with Crippen molar-refractivity contribution in [3.8, 4) is 67.7 Å². The zero-order valence-corrected chi connectivity index (χ0v) is 43.7. The molecule has 0 spiro atoms. The number of fused-ring (bicyclic) bond motifs is 11. The van der Waals surface area contributed by atoms with Gasteiger partial charge in [-0.2, -0.15) is 0 Å². The van der Waals surface area contributed by atoms with Crippen LogP contribution in [-0.4, -0.2) is 19.1 Å². The van der Waals surface area contributed by atoms with Crippen molar-refractivity contribution in [2.45, 2.75) is 5.41 Å². The maximum Gasteiger partial charge on any atom is 0.227 e. The van der Waals surface area contributed by atoms with E-state index in [1.807, 2.05) is 48.5 Å². The van der Waals surface area contributed by atoms with Gasteiger partial charge in [-0.25, -0.2) is 9.97 Å². The van der Waals surface area contributed by atoms with Crippen molar-refractivity contribution in [2.24, 2.45) is 0 Å². The summed E-state index contributed by atoms with van der Waals surface area (Å²) in [5.41, 5.74) is 23.3. The van der Waals surface area contributed by atoms with Crippen molar-refractivity contribution in [1.29, 1.82) is 0 Å². The van der Waals surface area contributed by atoms with Crippen LogP contribution in [0.5, 0.6) is 0 Å². The second-order valence-corrected chi connectivity index (χ2v) is 21.2. The number of rotatable bonds is 8. The molecule has 0 radical (unpaired) electrons. The molecule has 6 heteroatoms. The van der Waals surface area contributed by atoms with Gasteiger partial charge in [0, 0.05) is 44.0 Å². The van der Waals surface area contributed by atoms with Gasteiger partial charge in [0.15, 0.2) is 11.2 Å². The first-order chi connectivity index (χ1) is 40.1. The Labute approximate surface area is 465 Å². The first-order valence-electron chi connectivity index (χ1n) is 27.5. The Kier molecular flexibility index (Phi) is 9.83. The summed E-state index contributed by atoms with van der Waals surface area (Å²) in [7, 11) is 0. The van der Waals surface area contributed by atoms with Gasteiger partial charge in [-0.05, 0) is 165 Å². The second kappa shape index (κ2) is 17.6. The van der Waals surface area contributed by atoms with Crippen molar-refractivity contribution < 1.29 is 8.83 Å². The molecular weight excluding hydrogens is 989 g/mol. The average Bonchev–Trinajstić information content (AvgIpc) is 4.53. The van der Waals surface area contributed by atoms with Gasteiger partial charge in [-0.15, -0.1) is 0 Å². The van der Waals surface area contributed by atoms with E-state index >= 15 is 0 Å². The summed E-state index contributed by atoms with van der Waals surface area (Å²) in [6, 6.07) is 101. The minimum absolute atomic E-state index is 0.623. The molecule has 16 aromatic rings. The fourth-order valence-electron chi connectivity index (χ4n) is 13.2. The smallest absolute Gasteiger partial charge is 0.227 e. The van der Waals surface area contributed by atoms with Gasteiger partial charge >= 0.3 is 0 Å². The predicted octanol–water partition coefficient (Wildman–Crippen LogP) is 19.2. The van der Waals surface area contributed by atoms with Crippen molar-refractivity contribution >= 4 is 65.8 Å². The Morgan fingerprint density at radius 3 is 1.10 bits per heavy atom. The molecular formula is C75H46N4O2. The van der Waals surface area contributed by atoms with Crippen LogP contribution >= 0.6 is 0 Å². The Balaban J connectivity index is 0.799. The summed E-state index contributed by atoms with van der Waals surface area (Å²) in [4.78, 5) is 9.50. The van der Waals surface area contributed by atoms with E-state index in [-0.39, 0.29) is 0 Å². The Morgan fingerprint density at radius 2 is 0.654 bits per heavy atom. The van der Waals surface area contributed by atoms with Crippen LogP contribution in [0.25, 0.3) is 133 Å². The van der Waals surface area contributed by atoms with Crippen LogP contribution in [0, 0.1) is 0 Å². The lowest BCUT2D eigenvalue weighted by molar-refractivity contribution is 0.619. The number of hydrogen-bond donors (Lipinski definition) is 0. The Bertz CT molecular complexity index is 4770. The number of hydrogen-bond acceptors (Lipinski definition) is 4. The lowest BCUT2D eigenvalue weighted by Crippen LogP contribution is -2.28. The summed E-state index contributed by atoms with van der Waals surface area (Å²) in [6.07, 6.45) is 0. The molecule has 6 nitrogen and oxygen atoms in total. The number of aromatic nitrogens is 4. The number of nitrogens with zero attached hydrogens (tertiary/aromatic N) is 4. The first-order valence-corrected chi connectivity index (χ1v) is 27.5. The molecule has 0 bridgehead atoms. The maximum atomic E-state index is 6.12. The SMILES string of the molecule is c1ccc(C2(c3ccccc3)c3cc(-n4c5ccccc5c5cc(-c6ccc(-c7nc8ccccc8o7)cc6)ccc54)ccc3-c3ccc(-n4c5ccccc5c5cc(-c6ccc(-c7nc8ccccc8o7)cc6)ccc54)cc32)cc1. The molecule has 0 fully saturated rings. The number of benzene rings is 12. The van der Waals surface area contributed by atoms with Crippen molar-refractivity contribution in [2.75, 3.05) is 0 Å². The van der Waals surface area contributed by atoms with Gasteiger partial charge in [0.2, 0.25) is 11.8 Å². The van der Waals surface area contributed by atoms with E-state index in [4.69, 9.17) is 18.8 Å². The molecule has 17 rings (SSSR count). The topological polar surface area (TPSA) is 61.9 Å². The third-order valence-electron chi connectivity index (χ3n) is 16.9. The molecule has 378 valence electrons. The summed E-state index contributed by atoms with van der Waals surface area (Å²) >= 11 is 0. The van der Waals surface area contributed by atoms with Crippen LogP contribution in [0.3, 0.4) is 0 Å². The average molecular weight is 1040 g/mol. The molecule has 0 aliphatic heterocycles. The molecule has 12 aromatic carbocycles. The normalized spacial score (nSPS) is 12.8. The zero-order chi connectivity index (χ0) is 53.2. The lowest BCUT2D eigenvalue weighted by atomic mass is 9.67. The highest BCUT2D eigenvalue weighted by molar-refractivity contribution is 6.12. The summed E-state index contributed by atoms with van der Waals surface area (Å²) < 4.78 is 17.2. The van der Waals surface area contributed by atoms with E-state index in [1.165, 1.54) is 54.9 Å². The van der Waals surface area contributed by atoms with Crippen LogP contribution < -0.4 is 0 Å². The van der Waals surface area contributed by atoms with E-state index in [0.717, 1.165) is 89.0 Å². The molecule has 0 unspecified atom stereocenters. The molecule has 0 saturated carbocycles. The summed E-state index contributed by atoms with van der Waals surface area (Å²) in [5.74, 6) is 1.25. The highest BCUT2D eigenvalue weighted by Gasteiger charge is 2.46. The molecule has 1 aliphatic carbocycles. The minimum atomic E-state index is -0.662. The Hall–Kier alpha value is -10.8. The lowest BCUT2D eigenvalue weighted by Gasteiger charge is -2.34. The molecule has 4 aromatic heterocycles. The highest BCUT2D eigenvalue weighted by atomic mass is 16.4. The van der Waals surface area contributed by atoms with E-state index < -0.39 is 5.41 Å². The van der Waals surface area contributed by atoms with Crippen molar-refractivity contribution in [3.63, 3.8) is 0 Å². The third kappa shape index (κ3) is 6.87. The maximum absolute atomic E-state index is 6.12. The number of oxazole rings is 2. The molecule has 1 aliphatic rings. The van der Waals surface area contributed by atoms with Crippen LogP contribution in [0.1, 0.15) is 22.3 Å². The quantitative estimate of drug-likeness (QED) is 0.152. The van der Waals surface area contributed by atoms with Gasteiger partial charge in [0.25, 0.3) is 0 Å². The minimum Gasteiger partial charge on any atom is -0.436 e. The van der Waals surface area contributed by atoms with Gasteiger partial charge in [-0.3, -0.25) is 0 Å². The van der Waals surface area contributed by atoms with Crippen LogP contribution in [0.15, 0.2) is 288 Å². The van der Waals surface area contributed by atoms with E-state index in [0.29, 0.717) is 11.8 Å². The van der Waals surface area contributed by atoms with Crippen molar-refractivity contribution in [1.82, 2.24) is 19.1 Å². The summed E-state index contributed by atoms with van der Waals surface area (Å²) in [6.45, 7) is 0. The second-order valence-electron chi connectivity index (χ2n) is 21.2. The summed E-state index contributed by atoms with van der Waals surface area (Å²) in [5, 5.41) is 4.81. The fourth-order valence-corrected chi connectivity index (χ4v) is 13.2. The standard InChI is InChI=1S/C75H46N4O2/c1-3-15-53(16-4-1)75(54-17-5-2-6-18-54)63-45-55(78-67-23-11-7-19-59(67)61-43-51(35-41-69(61)78)47-27-31-49(32-28-47)73-76-65-21-9-13-25-71(65)80-73)37-39-57(63)58-40-38-56(46-64(58)75)79-68-24-12-8-20-60(68)62-44-52(36-42-70(62)79)48-29-33-50(34-30-48)74-77-66-22-10-14-26-72(66)81-74/h1-46H. The molecule has 81 heavy (non-hydrogen) atoms. The molecule has 0 saturated heterocycles. The van der Waals surface area contributed by atoms with Crippen LogP contribution in [0.2, 0.25) is 0 Å². The van der Waals surface area contributed by atoms with E-state index in [2.05, 4.69) is 240 Å². The zero-order valence-electron chi connectivity index (χ0n) is 43.7. The van der Waals surface area contributed by atoms with E-state index in [1.54, 1.807) is 0 Å². The van der Waals surface area contributed by atoms with E-state index in [9.17, 15) is 0 Å². The molecule has 0 N–H and O–H groups in total. The monoisotopic (exact) mass is 1030 g/mol. The van der Waals surface area contributed by atoms with Gasteiger partial charge in [0.05, 0.1) is 27.5 Å². The third-order valence-corrected chi connectivity index (χ3v) is 16.9. The molecule has 0 amide bonds. The highest BCUT2D eigenvalue weighted by Crippen LogP contribution is 2.57. The van der Waals surface area contributed by atoms with Gasteiger partial charge in [0.1, 0.15) is 11.0 Å². The molecule has 4 heterocycles. The van der Waals surface area contributed by atoms with Gasteiger partial charge < -0.3 is 18.0 Å². The van der Waals surface area contributed by atoms with Crippen LogP contribution in [0.4, 0.5) is 0 Å². The first kappa shape index (κ1) is 45.2. The van der Waals surface area contributed by atoms with Crippen LogP contribution in [-0.2, 0) is 5.41 Å². The predicted molar refractivity (Wildman–Crippen MR) is 329 cm³/mol.